The summed E-state index contributed by atoms with van der Waals surface area (Å²) in [4.78, 5) is 0. The molecule has 10 heavy (non-hydrogen) atoms. The smallest absolute Gasteiger partial charge is 0.104 e. The monoisotopic (exact) mass is 140 g/mol. The maximum absolute atomic E-state index is 8.92. The molecule has 1 heterocycles. The number of aliphatic hydroxyl groups excluding tert-OH is 1. The molecule has 2 aliphatic rings. The predicted octanol–water partition coefficient (Wildman–Crippen LogP) is 0.917. The largest absolute Gasteiger partial charge is 0.498 e. The van der Waals surface area contributed by atoms with Gasteiger partial charge in [0, 0.05) is 12.5 Å². The zero-order chi connectivity index (χ0) is 6.97. The van der Waals surface area contributed by atoms with E-state index in [2.05, 4.69) is 6.08 Å². The Morgan fingerprint density at radius 1 is 1.50 bits per heavy atom. The molecule has 1 aliphatic heterocycles. The highest BCUT2D eigenvalue weighted by molar-refractivity contribution is 5.02. The number of rotatable bonds is 1. The highest BCUT2D eigenvalue weighted by Crippen LogP contribution is 2.38. The molecule has 0 bridgehead atoms. The Morgan fingerprint density at radius 3 is 3.20 bits per heavy atom. The summed E-state index contributed by atoms with van der Waals surface area (Å²) in [6.45, 7) is 0.314. The summed E-state index contributed by atoms with van der Waals surface area (Å²) in [7, 11) is 0. The topological polar surface area (TPSA) is 29.5 Å². The van der Waals surface area contributed by atoms with Gasteiger partial charge in [-0.15, -0.1) is 0 Å². The molecule has 0 saturated heterocycles. The molecule has 0 radical (unpaired) electrons. The minimum Gasteiger partial charge on any atom is -0.498 e. The van der Waals surface area contributed by atoms with Gasteiger partial charge in [-0.05, 0) is 24.8 Å². The van der Waals surface area contributed by atoms with Gasteiger partial charge < -0.3 is 9.84 Å². The number of hydrogen-bond acceptors (Lipinski definition) is 2. The van der Waals surface area contributed by atoms with Gasteiger partial charge in [0.25, 0.3) is 0 Å². The van der Waals surface area contributed by atoms with Crippen LogP contribution in [0.25, 0.3) is 0 Å². The van der Waals surface area contributed by atoms with Crippen molar-refractivity contribution in [3.63, 3.8) is 0 Å². The predicted molar refractivity (Wildman–Crippen MR) is 37.3 cm³/mol. The summed E-state index contributed by atoms with van der Waals surface area (Å²) in [5.41, 5.74) is 0. The van der Waals surface area contributed by atoms with Crippen LogP contribution in [0.15, 0.2) is 12.3 Å². The lowest BCUT2D eigenvalue weighted by molar-refractivity contribution is 0.132. The molecule has 1 saturated carbocycles. The molecular formula is C8H12O2. The second-order valence-electron chi connectivity index (χ2n) is 3.10. The molecule has 0 aromatic carbocycles. The quantitative estimate of drug-likeness (QED) is 0.586. The molecule has 1 N–H and O–H groups in total. The molecule has 0 spiro atoms. The molecule has 2 heteroatoms. The van der Waals surface area contributed by atoms with Crippen LogP contribution in [0, 0.1) is 11.8 Å². The van der Waals surface area contributed by atoms with Crippen molar-refractivity contribution >= 4 is 0 Å². The lowest BCUT2D eigenvalue weighted by Crippen LogP contribution is -2.16. The van der Waals surface area contributed by atoms with E-state index in [1.807, 2.05) is 0 Å². The number of fused-ring (bicyclic) bond motifs is 1. The Labute approximate surface area is 60.5 Å². The summed E-state index contributed by atoms with van der Waals surface area (Å²) in [5, 5.41) is 8.92. The van der Waals surface area contributed by atoms with Gasteiger partial charge in [-0.2, -0.15) is 0 Å². The first kappa shape index (κ1) is 6.23. The third kappa shape index (κ3) is 0.754. The first-order valence-electron chi connectivity index (χ1n) is 3.85. The van der Waals surface area contributed by atoms with Crippen molar-refractivity contribution in [2.75, 3.05) is 6.61 Å². The van der Waals surface area contributed by atoms with E-state index in [0.29, 0.717) is 24.5 Å². The van der Waals surface area contributed by atoms with Crippen LogP contribution >= 0.6 is 0 Å². The van der Waals surface area contributed by atoms with Crippen LogP contribution in [0.3, 0.4) is 0 Å². The van der Waals surface area contributed by atoms with Crippen molar-refractivity contribution in [3.8, 4) is 0 Å². The average molecular weight is 140 g/mol. The second-order valence-corrected chi connectivity index (χ2v) is 3.10. The molecule has 0 aromatic heterocycles. The number of ether oxygens (including phenoxy) is 1. The van der Waals surface area contributed by atoms with Gasteiger partial charge in [-0.1, -0.05) is 0 Å². The highest BCUT2D eigenvalue weighted by atomic mass is 16.5. The van der Waals surface area contributed by atoms with Crippen LogP contribution in [-0.2, 0) is 4.74 Å². The first-order chi connectivity index (χ1) is 4.92. The third-order valence-electron chi connectivity index (χ3n) is 2.58. The van der Waals surface area contributed by atoms with Gasteiger partial charge in [-0.3, -0.25) is 0 Å². The van der Waals surface area contributed by atoms with Gasteiger partial charge in [0.2, 0.25) is 0 Å². The molecule has 3 unspecified atom stereocenters. The highest BCUT2D eigenvalue weighted by Gasteiger charge is 2.37. The van der Waals surface area contributed by atoms with Crippen molar-refractivity contribution in [2.45, 2.75) is 18.9 Å². The minimum atomic E-state index is 0.314. The Balaban J connectivity index is 2.07. The number of hydrogen-bond donors (Lipinski definition) is 1. The van der Waals surface area contributed by atoms with E-state index in [4.69, 9.17) is 9.84 Å². The van der Waals surface area contributed by atoms with Crippen LogP contribution < -0.4 is 0 Å². The van der Waals surface area contributed by atoms with Gasteiger partial charge in [0.05, 0.1) is 6.26 Å². The van der Waals surface area contributed by atoms with Crippen LogP contribution in [0.4, 0.5) is 0 Å². The zero-order valence-electron chi connectivity index (χ0n) is 5.86. The molecule has 56 valence electrons. The molecule has 0 aromatic rings. The zero-order valence-corrected chi connectivity index (χ0v) is 5.86. The van der Waals surface area contributed by atoms with Crippen molar-refractivity contribution in [1.82, 2.24) is 0 Å². The van der Waals surface area contributed by atoms with E-state index >= 15 is 0 Å². The fraction of sp³-hybridized carbons (Fsp3) is 0.750. The fourth-order valence-electron chi connectivity index (χ4n) is 1.96. The lowest BCUT2D eigenvalue weighted by atomic mass is 9.97. The van der Waals surface area contributed by atoms with E-state index < -0.39 is 0 Å². The van der Waals surface area contributed by atoms with Gasteiger partial charge in [-0.25, -0.2) is 0 Å². The van der Waals surface area contributed by atoms with Crippen molar-refractivity contribution < 1.29 is 9.84 Å². The molecule has 1 fully saturated rings. The van der Waals surface area contributed by atoms with Crippen molar-refractivity contribution in [2.24, 2.45) is 11.8 Å². The fourth-order valence-corrected chi connectivity index (χ4v) is 1.96. The van der Waals surface area contributed by atoms with Crippen molar-refractivity contribution in [3.05, 3.63) is 12.3 Å². The molecule has 2 rings (SSSR count). The maximum Gasteiger partial charge on any atom is 0.104 e. The molecule has 1 aliphatic carbocycles. The van der Waals surface area contributed by atoms with E-state index in [1.54, 1.807) is 6.26 Å². The van der Waals surface area contributed by atoms with Gasteiger partial charge in [0.15, 0.2) is 0 Å². The van der Waals surface area contributed by atoms with E-state index in [1.165, 1.54) is 0 Å². The average Bonchev–Trinajstić information content (AvgIpc) is 2.44. The van der Waals surface area contributed by atoms with Crippen LogP contribution in [0.2, 0.25) is 0 Å². The SMILES string of the molecule is OCC1CCC2OC=CC12. The Hall–Kier alpha value is -0.500. The molecule has 0 amide bonds. The summed E-state index contributed by atoms with van der Waals surface area (Å²) in [5.74, 6) is 0.966. The summed E-state index contributed by atoms with van der Waals surface area (Å²) in [6, 6.07) is 0. The minimum absolute atomic E-state index is 0.314. The second kappa shape index (κ2) is 2.27. The van der Waals surface area contributed by atoms with Crippen LogP contribution in [-0.4, -0.2) is 17.8 Å². The Bertz CT molecular complexity index is 153. The summed E-state index contributed by atoms with van der Waals surface area (Å²) >= 11 is 0. The Morgan fingerprint density at radius 2 is 2.40 bits per heavy atom. The molecular weight excluding hydrogens is 128 g/mol. The van der Waals surface area contributed by atoms with E-state index in [9.17, 15) is 0 Å². The van der Waals surface area contributed by atoms with Crippen LogP contribution in [0.5, 0.6) is 0 Å². The van der Waals surface area contributed by atoms with E-state index in [0.717, 1.165) is 12.8 Å². The Kier molecular flexibility index (Phi) is 1.42. The standard InChI is InChI=1S/C8H12O2/c9-5-6-1-2-8-7(6)3-4-10-8/h3-4,6-9H,1-2,5H2. The third-order valence-corrected chi connectivity index (χ3v) is 2.58. The van der Waals surface area contributed by atoms with Gasteiger partial charge >= 0.3 is 0 Å². The first-order valence-corrected chi connectivity index (χ1v) is 3.85. The van der Waals surface area contributed by atoms with Crippen LogP contribution in [0.1, 0.15) is 12.8 Å². The normalized spacial score (nSPS) is 43.5. The van der Waals surface area contributed by atoms with E-state index in [-0.39, 0.29) is 0 Å². The molecule has 2 nitrogen and oxygen atoms in total. The summed E-state index contributed by atoms with van der Waals surface area (Å²) < 4.78 is 5.32. The lowest BCUT2D eigenvalue weighted by Gasteiger charge is -2.12. The van der Waals surface area contributed by atoms with Crippen molar-refractivity contribution in [1.29, 1.82) is 0 Å². The molecule has 3 atom stereocenters. The number of aliphatic hydroxyl groups is 1. The van der Waals surface area contributed by atoms with Gasteiger partial charge in [0.1, 0.15) is 6.10 Å². The maximum atomic E-state index is 8.92. The summed E-state index contributed by atoms with van der Waals surface area (Å²) in [6.07, 6.45) is 6.48.